The van der Waals surface area contributed by atoms with Crippen LogP contribution in [0, 0.1) is 5.92 Å². The van der Waals surface area contributed by atoms with Crippen LogP contribution in [0.2, 0.25) is 0 Å². The lowest BCUT2D eigenvalue weighted by atomic mass is 10.1. The molecule has 0 aliphatic heterocycles. The zero-order chi connectivity index (χ0) is 8.85. The maximum absolute atomic E-state index is 10.7. The molecule has 1 unspecified atom stereocenters. The molecule has 2 N–H and O–H groups in total. The van der Waals surface area contributed by atoms with Crippen molar-refractivity contribution in [2.45, 2.75) is 19.9 Å². The first-order valence-corrected chi connectivity index (χ1v) is 4.11. The molecule has 0 saturated carbocycles. The van der Waals surface area contributed by atoms with Crippen LogP contribution in [0.15, 0.2) is 0 Å². The van der Waals surface area contributed by atoms with E-state index in [0.29, 0.717) is 0 Å². The van der Waals surface area contributed by atoms with Crippen molar-refractivity contribution in [2.24, 2.45) is 5.92 Å². The molecule has 0 spiro atoms. The number of hydrogen-bond acceptors (Lipinski definition) is 2. The molecule has 0 rings (SSSR count). The van der Waals surface area contributed by atoms with Crippen LogP contribution in [-0.2, 0) is 4.79 Å². The summed E-state index contributed by atoms with van der Waals surface area (Å²) in [5.74, 6) is -0.0602. The van der Waals surface area contributed by atoms with Crippen LogP contribution in [0.25, 0.3) is 0 Å². The van der Waals surface area contributed by atoms with Crippen molar-refractivity contribution < 1.29 is 9.90 Å². The van der Waals surface area contributed by atoms with Crippen molar-refractivity contribution in [3.63, 3.8) is 0 Å². The molecule has 1 amide bonds. The van der Waals surface area contributed by atoms with Gasteiger partial charge in [0.25, 0.3) is 0 Å². The largest absolute Gasteiger partial charge is 0.394 e. The molecule has 0 radical (unpaired) electrons. The first kappa shape index (κ1) is 10.7. The number of hydrogen-bond donors (Lipinski definition) is 2. The predicted molar refractivity (Wildman–Crippen MR) is 44.6 cm³/mol. The molecule has 0 aliphatic rings. The van der Waals surface area contributed by atoms with Crippen LogP contribution < -0.4 is 5.32 Å². The van der Waals surface area contributed by atoms with Gasteiger partial charge in [0, 0.05) is 0 Å². The summed E-state index contributed by atoms with van der Waals surface area (Å²) in [6.45, 7) is 3.81. The van der Waals surface area contributed by atoms with Gasteiger partial charge in [0.05, 0.1) is 12.6 Å². The number of amides is 1. The van der Waals surface area contributed by atoms with Crippen LogP contribution >= 0.6 is 11.6 Å². The van der Waals surface area contributed by atoms with E-state index in [9.17, 15) is 4.79 Å². The van der Waals surface area contributed by atoms with E-state index in [1.807, 2.05) is 13.8 Å². The SMILES string of the molecule is CC(C)C(CO)NC(=O)CCl. The summed E-state index contributed by atoms with van der Waals surface area (Å²) in [5, 5.41) is 11.4. The summed E-state index contributed by atoms with van der Waals surface area (Å²) in [6, 6.07) is -0.179. The molecule has 0 heterocycles. The number of nitrogens with one attached hydrogen (secondary N) is 1. The van der Waals surface area contributed by atoms with Crippen LogP contribution in [0.1, 0.15) is 13.8 Å². The lowest BCUT2D eigenvalue weighted by Crippen LogP contribution is -2.41. The average molecular weight is 180 g/mol. The molecule has 4 heteroatoms. The van der Waals surface area contributed by atoms with Gasteiger partial charge in [-0.25, -0.2) is 0 Å². The van der Waals surface area contributed by atoms with Gasteiger partial charge in [-0.1, -0.05) is 13.8 Å². The van der Waals surface area contributed by atoms with E-state index in [0.717, 1.165) is 0 Å². The highest BCUT2D eigenvalue weighted by molar-refractivity contribution is 6.27. The normalized spacial score (nSPS) is 13.2. The van der Waals surface area contributed by atoms with E-state index in [1.165, 1.54) is 0 Å². The minimum atomic E-state index is -0.237. The Hall–Kier alpha value is -0.280. The number of alkyl halides is 1. The van der Waals surface area contributed by atoms with Gasteiger partial charge in [0.1, 0.15) is 5.88 Å². The van der Waals surface area contributed by atoms with Crippen molar-refractivity contribution in [3.05, 3.63) is 0 Å². The maximum atomic E-state index is 10.7. The van der Waals surface area contributed by atoms with Crippen LogP contribution in [-0.4, -0.2) is 29.5 Å². The van der Waals surface area contributed by atoms with Gasteiger partial charge < -0.3 is 10.4 Å². The topological polar surface area (TPSA) is 49.3 Å². The third-order valence-electron chi connectivity index (χ3n) is 1.47. The number of halogens is 1. The number of carbonyl (C=O) groups is 1. The van der Waals surface area contributed by atoms with Crippen molar-refractivity contribution in [2.75, 3.05) is 12.5 Å². The fourth-order valence-electron chi connectivity index (χ4n) is 0.668. The number of aliphatic hydroxyl groups is 1. The minimum Gasteiger partial charge on any atom is -0.394 e. The number of carbonyl (C=O) groups excluding carboxylic acids is 1. The summed E-state index contributed by atoms with van der Waals surface area (Å²) >= 11 is 5.26. The Balaban J connectivity index is 3.78. The lowest BCUT2D eigenvalue weighted by molar-refractivity contribution is -0.120. The fraction of sp³-hybridized carbons (Fsp3) is 0.857. The van der Waals surface area contributed by atoms with Crippen molar-refractivity contribution in [3.8, 4) is 0 Å². The maximum Gasteiger partial charge on any atom is 0.235 e. The Labute approximate surface area is 71.7 Å². The first-order chi connectivity index (χ1) is 5.11. The molecule has 0 aromatic heterocycles. The Kier molecular flexibility index (Phi) is 5.24. The first-order valence-electron chi connectivity index (χ1n) is 3.58. The third-order valence-corrected chi connectivity index (χ3v) is 1.71. The zero-order valence-corrected chi connectivity index (χ0v) is 7.56. The second-order valence-electron chi connectivity index (χ2n) is 2.73. The highest BCUT2D eigenvalue weighted by Crippen LogP contribution is 1.99. The zero-order valence-electron chi connectivity index (χ0n) is 6.80. The minimum absolute atomic E-state index is 0.0414. The van der Waals surface area contributed by atoms with Crippen molar-refractivity contribution >= 4 is 17.5 Å². The number of aliphatic hydroxyl groups excluding tert-OH is 1. The molecule has 0 aromatic rings. The van der Waals surface area contributed by atoms with E-state index in [2.05, 4.69) is 5.32 Å². The molecule has 66 valence electrons. The Morgan fingerprint density at radius 1 is 1.64 bits per heavy atom. The Morgan fingerprint density at radius 3 is 2.45 bits per heavy atom. The van der Waals surface area contributed by atoms with Crippen LogP contribution in [0.4, 0.5) is 0 Å². The molecule has 0 aliphatic carbocycles. The van der Waals surface area contributed by atoms with Gasteiger partial charge in [-0.15, -0.1) is 11.6 Å². The van der Waals surface area contributed by atoms with E-state index in [4.69, 9.17) is 16.7 Å². The Bertz CT molecular complexity index is 128. The summed E-state index contributed by atoms with van der Waals surface area (Å²) in [4.78, 5) is 10.7. The molecule has 3 nitrogen and oxygen atoms in total. The van der Waals surface area contributed by atoms with Gasteiger partial charge in [-0.3, -0.25) is 4.79 Å². The van der Waals surface area contributed by atoms with Gasteiger partial charge in [-0.2, -0.15) is 0 Å². The highest BCUT2D eigenvalue weighted by Gasteiger charge is 2.13. The lowest BCUT2D eigenvalue weighted by Gasteiger charge is -2.18. The molecule has 11 heavy (non-hydrogen) atoms. The predicted octanol–water partition coefficient (Wildman–Crippen LogP) is 0.358. The standard InChI is InChI=1S/C7H14ClNO2/c1-5(2)6(4-10)9-7(11)3-8/h5-6,10H,3-4H2,1-2H3,(H,9,11). The number of rotatable bonds is 4. The summed E-state index contributed by atoms with van der Waals surface area (Å²) in [7, 11) is 0. The molecule has 0 aromatic carbocycles. The molecular formula is C7H14ClNO2. The monoisotopic (exact) mass is 179 g/mol. The summed E-state index contributed by atoms with van der Waals surface area (Å²) in [6.07, 6.45) is 0. The van der Waals surface area contributed by atoms with E-state index < -0.39 is 0 Å². The molecule has 0 saturated heterocycles. The van der Waals surface area contributed by atoms with Gasteiger partial charge >= 0.3 is 0 Å². The molecule has 0 fully saturated rings. The smallest absolute Gasteiger partial charge is 0.235 e. The van der Waals surface area contributed by atoms with Crippen molar-refractivity contribution in [1.82, 2.24) is 5.32 Å². The summed E-state index contributed by atoms with van der Waals surface area (Å²) < 4.78 is 0. The second kappa shape index (κ2) is 5.38. The van der Waals surface area contributed by atoms with Gasteiger partial charge in [0.2, 0.25) is 5.91 Å². The molecular weight excluding hydrogens is 166 g/mol. The van der Waals surface area contributed by atoms with E-state index in [-0.39, 0.29) is 30.4 Å². The van der Waals surface area contributed by atoms with E-state index in [1.54, 1.807) is 0 Å². The van der Waals surface area contributed by atoms with Crippen LogP contribution in [0.5, 0.6) is 0 Å². The van der Waals surface area contributed by atoms with Crippen LogP contribution in [0.3, 0.4) is 0 Å². The average Bonchev–Trinajstić information content (AvgIpc) is 1.99. The quantitative estimate of drug-likeness (QED) is 0.613. The van der Waals surface area contributed by atoms with Crippen molar-refractivity contribution in [1.29, 1.82) is 0 Å². The molecule has 0 bridgehead atoms. The van der Waals surface area contributed by atoms with E-state index >= 15 is 0 Å². The highest BCUT2D eigenvalue weighted by atomic mass is 35.5. The fourth-order valence-corrected chi connectivity index (χ4v) is 0.746. The summed E-state index contributed by atoms with van der Waals surface area (Å²) in [5.41, 5.74) is 0. The van der Waals surface area contributed by atoms with Gasteiger partial charge in [-0.05, 0) is 5.92 Å². The third kappa shape index (κ3) is 4.22. The Morgan fingerprint density at radius 2 is 2.18 bits per heavy atom. The van der Waals surface area contributed by atoms with Gasteiger partial charge in [0.15, 0.2) is 0 Å². The second-order valence-corrected chi connectivity index (χ2v) is 3.00. The molecule has 1 atom stereocenters.